The zero-order valence-electron chi connectivity index (χ0n) is 34.1. The number of cyclic esters (lactones) is 1. The topological polar surface area (TPSA) is 210 Å². The van der Waals surface area contributed by atoms with E-state index >= 15 is 0 Å². The molecule has 0 aliphatic carbocycles. The summed E-state index contributed by atoms with van der Waals surface area (Å²) in [7, 11) is 1.36. The molecule has 10 atom stereocenters. The Balaban J connectivity index is 1.51. The van der Waals surface area contributed by atoms with Crippen molar-refractivity contribution >= 4 is 41.3 Å². The van der Waals surface area contributed by atoms with Crippen LogP contribution in [-0.2, 0) is 41.6 Å². The maximum atomic E-state index is 14.6. The van der Waals surface area contributed by atoms with Crippen LogP contribution in [0, 0.1) is 17.6 Å². The first-order chi connectivity index (χ1) is 27.9. The molecule has 16 nitrogen and oxygen atoms in total. The Labute approximate surface area is 342 Å². The number of halogens is 2. The van der Waals surface area contributed by atoms with Gasteiger partial charge in [0.2, 0.25) is 23.6 Å². The van der Waals surface area contributed by atoms with E-state index < -0.39 is 108 Å². The maximum Gasteiger partial charge on any atom is 0.329 e. The molecule has 6 amide bonds. The van der Waals surface area contributed by atoms with E-state index in [2.05, 4.69) is 21.3 Å². The van der Waals surface area contributed by atoms with Gasteiger partial charge in [-0.25, -0.2) is 18.4 Å². The minimum atomic E-state index is -1.67. The highest BCUT2D eigenvalue weighted by Crippen LogP contribution is 2.28. The number of esters is 1. The summed E-state index contributed by atoms with van der Waals surface area (Å²) < 4.78 is 34.5. The molecular weight excluding hydrogens is 772 g/mol. The lowest BCUT2D eigenvalue weighted by Crippen LogP contribution is -2.64. The molecule has 2 aromatic carbocycles. The SMILES string of the molecule is CCc1ccc(NC(=O)N[C@@H](Cc2cc(F)cc(F)c2)C(=O)N[C@@H]2C(=O)N3CCC[C@H]3C(=O)N(C)[C@@H]([C@H](C)O)C(O)N[C@@H](C)C(=O)N3C[C@H](C)C[C@H]3C(=O)O[C@H]2C)cc1. The number of rotatable bonds is 8. The quantitative estimate of drug-likeness (QED) is 0.211. The fourth-order valence-corrected chi connectivity index (χ4v) is 8.12. The number of benzene rings is 2. The van der Waals surface area contributed by atoms with E-state index in [-0.39, 0.29) is 37.4 Å². The number of anilines is 1. The van der Waals surface area contributed by atoms with E-state index in [9.17, 15) is 47.8 Å². The van der Waals surface area contributed by atoms with Gasteiger partial charge in [-0.1, -0.05) is 26.0 Å². The zero-order valence-corrected chi connectivity index (χ0v) is 34.1. The summed E-state index contributed by atoms with van der Waals surface area (Å²) in [6.45, 7) is 8.25. The lowest BCUT2D eigenvalue weighted by molar-refractivity contribution is -0.163. The van der Waals surface area contributed by atoms with E-state index in [1.54, 1.807) is 24.3 Å². The Morgan fingerprint density at radius 2 is 1.61 bits per heavy atom. The second-order valence-electron chi connectivity index (χ2n) is 15.9. The molecule has 3 saturated heterocycles. The Morgan fingerprint density at radius 1 is 0.949 bits per heavy atom. The molecular formula is C41H55F2N7O9. The van der Waals surface area contributed by atoms with Crippen LogP contribution in [0.3, 0.4) is 0 Å². The van der Waals surface area contributed by atoms with Crippen LogP contribution < -0.4 is 21.3 Å². The lowest BCUT2D eigenvalue weighted by Gasteiger charge is -2.39. The number of amides is 6. The van der Waals surface area contributed by atoms with Crippen LogP contribution in [0.4, 0.5) is 19.3 Å². The minimum Gasteiger partial charge on any atom is -0.458 e. The van der Waals surface area contributed by atoms with Gasteiger partial charge in [-0.2, -0.15) is 0 Å². The molecule has 0 saturated carbocycles. The molecule has 6 N–H and O–H groups in total. The van der Waals surface area contributed by atoms with E-state index in [0.717, 1.165) is 29.0 Å². The summed E-state index contributed by atoms with van der Waals surface area (Å²) in [6, 6.07) is 0.953. The van der Waals surface area contributed by atoms with Crippen molar-refractivity contribution < 1.29 is 52.5 Å². The molecule has 18 heteroatoms. The van der Waals surface area contributed by atoms with Gasteiger partial charge in [0.25, 0.3) is 0 Å². The van der Waals surface area contributed by atoms with Gasteiger partial charge in [-0.3, -0.25) is 24.5 Å². The maximum absolute atomic E-state index is 14.6. The molecule has 0 bridgehead atoms. The van der Waals surface area contributed by atoms with Gasteiger partial charge in [-0.05, 0) is 87.8 Å². The first-order valence-electron chi connectivity index (χ1n) is 20.0. The predicted octanol–water partition coefficient (Wildman–Crippen LogP) is 1.42. The van der Waals surface area contributed by atoms with Crippen LogP contribution in [0.25, 0.3) is 0 Å². The Morgan fingerprint density at radius 3 is 2.24 bits per heavy atom. The average molecular weight is 828 g/mol. The van der Waals surface area contributed by atoms with E-state index in [4.69, 9.17) is 4.74 Å². The highest BCUT2D eigenvalue weighted by atomic mass is 19.1. The van der Waals surface area contributed by atoms with Gasteiger partial charge in [0.15, 0.2) is 0 Å². The molecule has 3 heterocycles. The van der Waals surface area contributed by atoms with Crippen molar-refractivity contribution in [3.63, 3.8) is 0 Å². The molecule has 0 spiro atoms. The fourth-order valence-electron chi connectivity index (χ4n) is 8.12. The van der Waals surface area contributed by atoms with Gasteiger partial charge in [0, 0.05) is 38.3 Å². The summed E-state index contributed by atoms with van der Waals surface area (Å²) >= 11 is 0. The molecule has 322 valence electrons. The number of urea groups is 1. The first-order valence-corrected chi connectivity index (χ1v) is 20.0. The minimum absolute atomic E-state index is 0.00552. The average Bonchev–Trinajstić information content (AvgIpc) is 3.82. The van der Waals surface area contributed by atoms with Crippen LogP contribution in [-0.4, -0.2) is 135 Å². The van der Waals surface area contributed by atoms with Gasteiger partial charge >= 0.3 is 12.0 Å². The van der Waals surface area contributed by atoms with Crippen molar-refractivity contribution in [2.75, 3.05) is 25.5 Å². The normalized spacial score (nSPS) is 28.1. The summed E-state index contributed by atoms with van der Waals surface area (Å²) in [5.41, 5.74) is 1.41. The summed E-state index contributed by atoms with van der Waals surface area (Å²) in [5, 5.41) is 32.5. The smallest absolute Gasteiger partial charge is 0.329 e. The number of carbonyl (C=O) groups is 6. The summed E-state index contributed by atoms with van der Waals surface area (Å²) in [4.78, 5) is 87.7. The number of carbonyl (C=O) groups excluding carboxylic acids is 6. The number of hydrogen-bond donors (Lipinski definition) is 6. The molecule has 5 rings (SSSR count). The Bertz CT molecular complexity index is 1860. The molecule has 3 aliphatic rings. The summed E-state index contributed by atoms with van der Waals surface area (Å²) in [5.74, 6) is -5.86. The monoisotopic (exact) mass is 827 g/mol. The molecule has 3 aliphatic heterocycles. The largest absolute Gasteiger partial charge is 0.458 e. The van der Waals surface area contributed by atoms with Crippen molar-refractivity contribution in [1.82, 2.24) is 30.7 Å². The Kier molecular flexibility index (Phi) is 14.6. The predicted molar refractivity (Wildman–Crippen MR) is 210 cm³/mol. The number of nitrogens with one attached hydrogen (secondary N) is 4. The van der Waals surface area contributed by atoms with Crippen LogP contribution in [0.2, 0.25) is 0 Å². The van der Waals surface area contributed by atoms with Gasteiger partial charge in [0.1, 0.15) is 48.1 Å². The number of aryl methyl sites for hydroxylation is 1. The molecule has 59 heavy (non-hydrogen) atoms. The molecule has 3 fully saturated rings. The fraction of sp³-hybridized carbons (Fsp3) is 0.561. The van der Waals surface area contributed by atoms with Crippen LogP contribution in [0.5, 0.6) is 0 Å². The van der Waals surface area contributed by atoms with Crippen molar-refractivity contribution in [2.24, 2.45) is 5.92 Å². The van der Waals surface area contributed by atoms with Gasteiger partial charge < -0.3 is 45.6 Å². The third kappa shape index (κ3) is 10.7. The van der Waals surface area contributed by atoms with Gasteiger partial charge in [-0.15, -0.1) is 0 Å². The van der Waals surface area contributed by atoms with Crippen LogP contribution >= 0.6 is 0 Å². The van der Waals surface area contributed by atoms with Crippen molar-refractivity contribution in [3.8, 4) is 0 Å². The molecule has 0 radical (unpaired) electrons. The molecule has 1 unspecified atom stereocenters. The van der Waals surface area contributed by atoms with Crippen molar-refractivity contribution in [1.29, 1.82) is 0 Å². The van der Waals surface area contributed by atoms with E-state index in [1.807, 2.05) is 13.8 Å². The van der Waals surface area contributed by atoms with E-state index in [0.29, 0.717) is 18.2 Å². The molecule has 0 aromatic heterocycles. The van der Waals surface area contributed by atoms with Crippen molar-refractivity contribution in [2.45, 2.75) is 121 Å². The lowest BCUT2D eigenvalue weighted by atomic mass is 10.0. The van der Waals surface area contributed by atoms with Crippen LogP contribution in [0.15, 0.2) is 42.5 Å². The molecule has 2 aromatic rings. The number of aliphatic hydroxyl groups excluding tert-OH is 2. The second-order valence-corrected chi connectivity index (χ2v) is 15.9. The number of fused-ring (bicyclic) bond motifs is 2. The Hall–Kier alpha value is -5.20. The first kappa shape index (κ1) is 44.9. The number of likely N-dealkylation sites (N-methyl/N-ethyl adjacent to an activating group) is 1. The number of aliphatic hydroxyl groups is 2. The zero-order chi connectivity index (χ0) is 43.3. The van der Waals surface area contributed by atoms with E-state index in [1.165, 1.54) is 37.6 Å². The highest BCUT2D eigenvalue weighted by molar-refractivity contribution is 5.97. The number of hydrogen-bond acceptors (Lipinski definition) is 10. The van der Waals surface area contributed by atoms with Crippen LogP contribution in [0.1, 0.15) is 65.0 Å². The highest BCUT2D eigenvalue weighted by Gasteiger charge is 2.47. The summed E-state index contributed by atoms with van der Waals surface area (Å²) in [6.07, 6.45) is -3.24. The third-order valence-corrected chi connectivity index (χ3v) is 11.2. The third-order valence-electron chi connectivity index (χ3n) is 11.2. The van der Waals surface area contributed by atoms with Gasteiger partial charge in [0.05, 0.1) is 18.2 Å². The number of nitrogens with zero attached hydrogens (tertiary/aromatic N) is 3. The standard InChI is InChI=1S/C41H55F2N7O9/c1-7-25-10-12-29(13-11-25)45-41(58)46-30(18-26-16-27(42)19-28(43)17-26)35(52)47-33-24(5)59-40(57)32-15-21(2)20-50(32)37(54)22(3)44-36(53)34(23(4)51)48(6)38(55)31-9-8-14-49(31)39(33)56/h10-13,16-17,19,21-24,30-34,36,44,51,53H,7-9,14-15,18,20H2,1-6H3,(H,47,52)(H2,45,46,58)/t21-,22+,23+,24+,30+,31+,32+,33+,34+,36?/m1/s1. The second kappa shape index (κ2) is 19.2. The van der Waals surface area contributed by atoms with Crippen molar-refractivity contribution in [3.05, 3.63) is 65.2 Å². The number of ether oxygens (including phenoxy) is 1.